The number of nitrogens with zero attached hydrogens (tertiary/aromatic N) is 2. The molecule has 0 spiro atoms. The summed E-state index contributed by atoms with van der Waals surface area (Å²) in [5.74, 6) is -0.565. The molecule has 0 aliphatic carbocycles. The molecule has 1 N–H and O–H groups in total. The fraction of sp³-hybridized carbons (Fsp3) is 0.160. The quantitative estimate of drug-likeness (QED) is 0.324. The van der Waals surface area contributed by atoms with E-state index in [1.165, 1.54) is 4.90 Å². The Labute approximate surface area is 193 Å². The molecule has 0 saturated carbocycles. The number of benzene rings is 2. The maximum atomic E-state index is 13.2. The highest BCUT2D eigenvalue weighted by Crippen LogP contribution is 2.42. The molecule has 5 rings (SSSR count). The summed E-state index contributed by atoms with van der Waals surface area (Å²) in [4.78, 5) is 31.9. The molecule has 0 radical (unpaired) electrons. The Morgan fingerprint density at radius 3 is 2.62 bits per heavy atom. The average molecular weight is 491 g/mol. The van der Waals surface area contributed by atoms with Crippen LogP contribution in [0.1, 0.15) is 29.7 Å². The number of pyridine rings is 1. The van der Waals surface area contributed by atoms with Gasteiger partial charge in [-0.25, -0.2) is 4.98 Å². The number of rotatable bonds is 3. The summed E-state index contributed by atoms with van der Waals surface area (Å²) in [5, 5.41) is 11.3. The number of amides is 1. The van der Waals surface area contributed by atoms with E-state index in [1.54, 1.807) is 36.5 Å². The molecule has 7 heteroatoms. The number of hydrogen-bond acceptors (Lipinski definition) is 5. The number of ketones is 1. The molecule has 2 unspecified atom stereocenters. The zero-order chi connectivity index (χ0) is 22.4. The molecule has 2 atom stereocenters. The number of hydrogen-bond donors (Lipinski definition) is 1. The van der Waals surface area contributed by atoms with Crippen molar-refractivity contribution in [2.75, 3.05) is 4.90 Å². The number of carbonyl (C=O) groups excluding carboxylic acids is 2. The van der Waals surface area contributed by atoms with E-state index in [-0.39, 0.29) is 17.4 Å². The molecule has 1 saturated heterocycles. The number of anilines is 1. The molecule has 32 heavy (non-hydrogen) atoms. The number of halogens is 1. The SMILES string of the molecule is CC1Cc2cc(C(O)=C3C(=O)C(=O)N(c4ccccn4)C3c3ccc(Br)cc3)ccc2O1. The molecule has 0 bridgehead atoms. The van der Waals surface area contributed by atoms with Gasteiger partial charge in [0.15, 0.2) is 0 Å². The van der Waals surface area contributed by atoms with Crippen LogP contribution in [0.15, 0.2) is 76.9 Å². The first kappa shape index (κ1) is 20.5. The molecule has 2 aromatic carbocycles. The topological polar surface area (TPSA) is 79.7 Å². The highest BCUT2D eigenvalue weighted by Gasteiger charge is 2.47. The van der Waals surface area contributed by atoms with Gasteiger partial charge >= 0.3 is 5.91 Å². The summed E-state index contributed by atoms with van der Waals surface area (Å²) < 4.78 is 6.61. The van der Waals surface area contributed by atoms with Crippen LogP contribution in [0.2, 0.25) is 0 Å². The van der Waals surface area contributed by atoms with E-state index in [1.807, 2.05) is 37.3 Å². The van der Waals surface area contributed by atoms with Crippen LogP contribution < -0.4 is 9.64 Å². The van der Waals surface area contributed by atoms with Gasteiger partial charge in [0.25, 0.3) is 5.78 Å². The van der Waals surface area contributed by atoms with E-state index in [0.717, 1.165) is 22.2 Å². The molecule has 2 aliphatic heterocycles. The normalized spacial score (nSPS) is 21.5. The molecule has 6 nitrogen and oxygen atoms in total. The number of Topliss-reactive ketones (excluding diaryl/α,β-unsaturated/α-hetero) is 1. The van der Waals surface area contributed by atoms with Gasteiger partial charge in [-0.2, -0.15) is 0 Å². The molecule has 3 heterocycles. The second-order valence-corrected chi connectivity index (χ2v) is 8.78. The minimum atomic E-state index is -0.804. The lowest BCUT2D eigenvalue weighted by atomic mass is 9.94. The lowest BCUT2D eigenvalue weighted by molar-refractivity contribution is -0.132. The van der Waals surface area contributed by atoms with Crippen LogP contribution in [0, 0.1) is 0 Å². The lowest BCUT2D eigenvalue weighted by Gasteiger charge is -2.24. The zero-order valence-corrected chi connectivity index (χ0v) is 18.7. The van der Waals surface area contributed by atoms with E-state index in [0.29, 0.717) is 16.9 Å². The van der Waals surface area contributed by atoms with Gasteiger partial charge in [-0.3, -0.25) is 14.5 Å². The van der Waals surface area contributed by atoms with E-state index in [2.05, 4.69) is 20.9 Å². The molecule has 1 fully saturated rings. The summed E-state index contributed by atoms with van der Waals surface area (Å²) >= 11 is 3.42. The Morgan fingerprint density at radius 2 is 1.91 bits per heavy atom. The summed E-state index contributed by atoms with van der Waals surface area (Å²) in [6.45, 7) is 1.98. The van der Waals surface area contributed by atoms with Gasteiger partial charge in [-0.1, -0.05) is 34.1 Å². The number of carbonyl (C=O) groups is 2. The first-order valence-electron chi connectivity index (χ1n) is 10.2. The van der Waals surface area contributed by atoms with Gasteiger partial charge in [0.05, 0.1) is 11.6 Å². The number of aliphatic hydroxyl groups is 1. The van der Waals surface area contributed by atoms with Gasteiger partial charge in [0.1, 0.15) is 23.4 Å². The summed E-state index contributed by atoms with van der Waals surface area (Å²) in [6.07, 6.45) is 2.34. The van der Waals surface area contributed by atoms with Crippen molar-refractivity contribution in [2.45, 2.75) is 25.5 Å². The van der Waals surface area contributed by atoms with Crippen molar-refractivity contribution in [1.29, 1.82) is 0 Å². The van der Waals surface area contributed by atoms with Crippen molar-refractivity contribution in [3.63, 3.8) is 0 Å². The molecule has 1 aromatic heterocycles. The first-order valence-corrected chi connectivity index (χ1v) is 11.0. The Hall–Kier alpha value is -3.45. The molecule has 3 aromatic rings. The molecule has 2 aliphatic rings. The molecular formula is C25H19BrN2O4. The highest BCUT2D eigenvalue weighted by atomic mass is 79.9. The standard InChI is InChI=1S/C25H19BrN2O4/c1-14-12-17-13-16(7-10-19(17)32-14)23(29)21-22(15-5-8-18(26)9-6-15)28(25(31)24(21)30)20-4-2-3-11-27-20/h2-11,13-14,22,29H,12H2,1H3. The Kier molecular flexibility index (Phi) is 5.06. The predicted octanol–water partition coefficient (Wildman–Crippen LogP) is 4.79. The van der Waals surface area contributed by atoms with Gasteiger partial charge in [0, 0.05) is 22.7 Å². The average Bonchev–Trinajstić information content (AvgIpc) is 3.30. The summed E-state index contributed by atoms with van der Waals surface area (Å²) in [7, 11) is 0. The number of aromatic nitrogens is 1. The third kappa shape index (κ3) is 3.39. The van der Waals surface area contributed by atoms with Crippen LogP contribution in [0.3, 0.4) is 0 Å². The molecule has 1 amide bonds. The minimum absolute atomic E-state index is 0.0369. The minimum Gasteiger partial charge on any atom is -0.507 e. The Bertz CT molecular complexity index is 1250. The van der Waals surface area contributed by atoms with Crippen LogP contribution in [-0.4, -0.2) is 27.9 Å². The smallest absolute Gasteiger partial charge is 0.301 e. The largest absolute Gasteiger partial charge is 0.507 e. The first-order chi connectivity index (χ1) is 15.4. The van der Waals surface area contributed by atoms with Crippen molar-refractivity contribution >= 4 is 39.2 Å². The van der Waals surface area contributed by atoms with Gasteiger partial charge < -0.3 is 9.84 Å². The summed E-state index contributed by atoms with van der Waals surface area (Å²) in [6, 6.07) is 17.0. The fourth-order valence-corrected chi connectivity index (χ4v) is 4.51. The molecular weight excluding hydrogens is 472 g/mol. The van der Waals surface area contributed by atoms with Crippen LogP contribution in [0.4, 0.5) is 5.82 Å². The Balaban J connectivity index is 1.69. The number of aliphatic hydroxyl groups excluding tert-OH is 1. The third-order valence-corrected chi connectivity index (χ3v) is 6.22. The maximum absolute atomic E-state index is 13.2. The number of fused-ring (bicyclic) bond motifs is 1. The van der Waals surface area contributed by atoms with Crippen molar-refractivity contribution in [1.82, 2.24) is 4.98 Å². The fourth-order valence-electron chi connectivity index (χ4n) is 4.25. The van der Waals surface area contributed by atoms with E-state index in [9.17, 15) is 14.7 Å². The Morgan fingerprint density at radius 1 is 1.12 bits per heavy atom. The van der Waals surface area contributed by atoms with Gasteiger partial charge in [-0.05, 0) is 60.5 Å². The van der Waals surface area contributed by atoms with E-state index in [4.69, 9.17) is 4.74 Å². The maximum Gasteiger partial charge on any atom is 0.301 e. The van der Waals surface area contributed by atoms with Crippen LogP contribution >= 0.6 is 15.9 Å². The lowest BCUT2D eigenvalue weighted by Crippen LogP contribution is -2.30. The van der Waals surface area contributed by atoms with Crippen molar-refractivity contribution in [3.05, 3.63) is 93.6 Å². The predicted molar refractivity (Wildman–Crippen MR) is 123 cm³/mol. The third-order valence-electron chi connectivity index (χ3n) is 5.70. The summed E-state index contributed by atoms with van der Waals surface area (Å²) in [5.41, 5.74) is 2.16. The van der Waals surface area contributed by atoms with Gasteiger partial charge in [0.2, 0.25) is 0 Å². The van der Waals surface area contributed by atoms with Crippen molar-refractivity contribution < 1.29 is 19.4 Å². The number of ether oxygens (including phenoxy) is 1. The molecule has 160 valence electrons. The zero-order valence-electron chi connectivity index (χ0n) is 17.2. The van der Waals surface area contributed by atoms with Crippen molar-refractivity contribution in [3.8, 4) is 5.75 Å². The van der Waals surface area contributed by atoms with Crippen LogP contribution in [0.25, 0.3) is 5.76 Å². The van der Waals surface area contributed by atoms with Crippen molar-refractivity contribution in [2.24, 2.45) is 0 Å². The van der Waals surface area contributed by atoms with Crippen LogP contribution in [-0.2, 0) is 16.0 Å². The van der Waals surface area contributed by atoms with E-state index >= 15 is 0 Å². The van der Waals surface area contributed by atoms with Gasteiger partial charge in [-0.15, -0.1) is 0 Å². The highest BCUT2D eigenvalue weighted by molar-refractivity contribution is 9.10. The second-order valence-electron chi connectivity index (χ2n) is 7.86. The van der Waals surface area contributed by atoms with E-state index < -0.39 is 17.7 Å². The van der Waals surface area contributed by atoms with Crippen LogP contribution in [0.5, 0.6) is 5.75 Å². The second kappa shape index (κ2) is 7.91. The monoisotopic (exact) mass is 490 g/mol.